The van der Waals surface area contributed by atoms with E-state index in [4.69, 9.17) is 5.73 Å². The Balaban J connectivity index is 2.31. The molecule has 0 aromatic heterocycles. The molecular formula is C11H15N3O. The highest BCUT2D eigenvalue weighted by molar-refractivity contribution is 5.94. The molecule has 0 radical (unpaired) electrons. The van der Waals surface area contributed by atoms with Gasteiger partial charge in [-0.1, -0.05) is 0 Å². The third-order valence-electron chi connectivity index (χ3n) is 2.78. The largest absolute Gasteiger partial charge is 0.399 e. The number of aryl methyl sites for hydroxylation is 1. The molecule has 0 unspecified atom stereocenters. The van der Waals surface area contributed by atoms with Gasteiger partial charge in [0.1, 0.15) is 0 Å². The number of anilines is 2. The summed E-state index contributed by atoms with van der Waals surface area (Å²) in [6.07, 6.45) is 0. The summed E-state index contributed by atoms with van der Waals surface area (Å²) in [4.78, 5) is 15.2. The standard InChI is InChI=1S/C11H15N3O/c1-8-7-9(3-4-10(8)12)14-6-5-13(2)11(14)15/h3-4,7H,5-6,12H2,1-2H3. The van der Waals surface area contributed by atoms with Gasteiger partial charge in [0.2, 0.25) is 0 Å². The molecule has 1 saturated heterocycles. The molecule has 2 N–H and O–H groups in total. The van der Waals surface area contributed by atoms with Crippen LogP contribution in [0.1, 0.15) is 5.56 Å². The Morgan fingerprint density at radius 3 is 2.60 bits per heavy atom. The third kappa shape index (κ3) is 1.63. The molecule has 1 fully saturated rings. The molecule has 0 aliphatic carbocycles. The molecule has 0 saturated carbocycles. The topological polar surface area (TPSA) is 49.6 Å². The van der Waals surface area contributed by atoms with E-state index in [-0.39, 0.29) is 6.03 Å². The Hall–Kier alpha value is -1.71. The Labute approximate surface area is 89.3 Å². The lowest BCUT2D eigenvalue weighted by molar-refractivity contribution is 0.229. The predicted octanol–water partition coefficient (Wildman–Crippen LogP) is 1.45. The highest BCUT2D eigenvalue weighted by atomic mass is 16.2. The second-order valence-electron chi connectivity index (χ2n) is 3.90. The summed E-state index contributed by atoms with van der Waals surface area (Å²) in [6, 6.07) is 5.74. The summed E-state index contributed by atoms with van der Waals surface area (Å²) in [7, 11) is 1.81. The van der Waals surface area contributed by atoms with Gasteiger partial charge in [-0.3, -0.25) is 4.90 Å². The number of likely N-dealkylation sites (N-methyl/N-ethyl adjacent to an activating group) is 1. The quantitative estimate of drug-likeness (QED) is 0.705. The number of carbonyl (C=O) groups excluding carboxylic acids is 1. The average Bonchev–Trinajstić information content (AvgIpc) is 2.53. The van der Waals surface area contributed by atoms with E-state index in [2.05, 4.69) is 0 Å². The van der Waals surface area contributed by atoms with E-state index >= 15 is 0 Å². The van der Waals surface area contributed by atoms with Crippen molar-refractivity contribution in [3.05, 3.63) is 23.8 Å². The number of rotatable bonds is 1. The zero-order valence-corrected chi connectivity index (χ0v) is 9.03. The van der Waals surface area contributed by atoms with E-state index in [0.717, 1.165) is 30.0 Å². The van der Waals surface area contributed by atoms with Crippen LogP contribution in [-0.4, -0.2) is 31.1 Å². The number of benzene rings is 1. The second kappa shape index (κ2) is 3.46. The van der Waals surface area contributed by atoms with Gasteiger partial charge in [0, 0.05) is 31.5 Å². The molecular weight excluding hydrogens is 190 g/mol. The summed E-state index contributed by atoms with van der Waals surface area (Å²) < 4.78 is 0. The van der Waals surface area contributed by atoms with Crippen molar-refractivity contribution >= 4 is 17.4 Å². The van der Waals surface area contributed by atoms with Gasteiger partial charge in [0.05, 0.1) is 0 Å². The Morgan fingerprint density at radius 2 is 2.07 bits per heavy atom. The Kier molecular flexibility index (Phi) is 2.26. The molecule has 1 aromatic rings. The number of urea groups is 1. The Morgan fingerprint density at radius 1 is 1.33 bits per heavy atom. The molecule has 0 atom stereocenters. The lowest BCUT2D eigenvalue weighted by Crippen LogP contribution is -2.29. The molecule has 4 heteroatoms. The first-order valence-electron chi connectivity index (χ1n) is 4.98. The fourth-order valence-electron chi connectivity index (χ4n) is 1.71. The normalized spacial score (nSPS) is 16.3. The Bertz CT molecular complexity index is 403. The highest BCUT2D eigenvalue weighted by Gasteiger charge is 2.26. The molecule has 4 nitrogen and oxygen atoms in total. The minimum absolute atomic E-state index is 0.0548. The van der Waals surface area contributed by atoms with Gasteiger partial charge in [-0.25, -0.2) is 4.79 Å². The summed E-state index contributed by atoms with van der Waals surface area (Å²) >= 11 is 0. The van der Waals surface area contributed by atoms with Crippen LogP contribution >= 0.6 is 0 Å². The van der Waals surface area contributed by atoms with Crippen molar-refractivity contribution in [3.8, 4) is 0 Å². The highest BCUT2D eigenvalue weighted by Crippen LogP contribution is 2.23. The van der Waals surface area contributed by atoms with Gasteiger partial charge in [-0.05, 0) is 30.7 Å². The van der Waals surface area contributed by atoms with Crippen molar-refractivity contribution < 1.29 is 4.79 Å². The molecule has 0 spiro atoms. The second-order valence-corrected chi connectivity index (χ2v) is 3.90. The number of amides is 2. The van der Waals surface area contributed by atoms with Crippen LogP contribution in [0.3, 0.4) is 0 Å². The van der Waals surface area contributed by atoms with E-state index in [9.17, 15) is 4.79 Å². The number of hydrogen-bond donors (Lipinski definition) is 1. The van der Waals surface area contributed by atoms with Crippen LogP contribution in [0.25, 0.3) is 0 Å². The van der Waals surface area contributed by atoms with Crippen LogP contribution < -0.4 is 10.6 Å². The fraction of sp³-hybridized carbons (Fsp3) is 0.364. The van der Waals surface area contributed by atoms with Gasteiger partial charge in [0.25, 0.3) is 0 Å². The summed E-state index contributed by atoms with van der Waals surface area (Å²) in [5, 5.41) is 0. The van der Waals surface area contributed by atoms with E-state index in [1.54, 1.807) is 9.80 Å². The van der Waals surface area contributed by atoms with Crippen molar-refractivity contribution in [1.29, 1.82) is 0 Å². The third-order valence-corrected chi connectivity index (χ3v) is 2.78. The summed E-state index contributed by atoms with van der Waals surface area (Å²) in [5.41, 5.74) is 8.43. The molecule has 1 heterocycles. The monoisotopic (exact) mass is 205 g/mol. The maximum atomic E-state index is 11.7. The first-order valence-corrected chi connectivity index (χ1v) is 4.98. The average molecular weight is 205 g/mol. The molecule has 1 aliphatic heterocycles. The van der Waals surface area contributed by atoms with Gasteiger partial charge in [-0.2, -0.15) is 0 Å². The van der Waals surface area contributed by atoms with E-state index in [0.29, 0.717) is 0 Å². The first kappa shape index (κ1) is 9.83. The number of nitrogens with two attached hydrogens (primary N) is 1. The van der Waals surface area contributed by atoms with Gasteiger partial charge in [0.15, 0.2) is 0 Å². The number of hydrogen-bond acceptors (Lipinski definition) is 2. The van der Waals surface area contributed by atoms with Gasteiger partial charge in [-0.15, -0.1) is 0 Å². The van der Waals surface area contributed by atoms with Gasteiger partial charge >= 0.3 is 6.03 Å². The molecule has 15 heavy (non-hydrogen) atoms. The van der Waals surface area contributed by atoms with Crippen LogP contribution in [0, 0.1) is 6.92 Å². The minimum Gasteiger partial charge on any atom is -0.399 e. The molecule has 80 valence electrons. The van der Waals surface area contributed by atoms with Crippen molar-refractivity contribution in [2.45, 2.75) is 6.92 Å². The minimum atomic E-state index is 0.0548. The lowest BCUT2D eigenvalue weighted by atomic mass is 10.2. The van der Waals surface area contributed by atoms with Gasteiger partial charge < -0.3 is 10.6 Å². The van der Waals surface area contributed by atoms with Crippen LogP contribution in [0.2, 0.25) is 0 Å². The molecule has 1 aromatic carbocycles. The van der Waals surface area contributed by atoms with Crippen LogP contribution in [0.15, 0.2) is 18.2 Å². The zero-order valence-electron chi connectivity index (χ0n) is 9.03. The van der Waals surface area contributed by atoms with Crippen molar-refractivity contribution in [2.24, 2.45) is 0 Å². The summed E-state index contributed by atoms with van der Waals surface area (Å²) in [5.74, 6) is 0. The smallest absolute Gasteiger partial charge is 0.324 e. The number of nitrogen functional groups attached to an aromatic ring is 1. The lowest BCUT2D eigenvalue weighted by Gasteiger charge is -2.17. The SMILES string of the molecule is Cc1cc(N2CCN(C)C2=O)ccc1N. The summed E-state index contributed by atoms with van der Waals surface area (Å²) in [6.45, 7) is 3.48. The van der Waals surface area contributed by atoms with Crippen molar-refractivity contribution in [2.75, 3.05) is 30.8 Å². The van der Waals surface area contributed by atoms with Crippen molar-refractivity contribution in [3.63, 3.8) is 0 Å². The van der Waals surface area contributed by atoms with E-state index in [1.807, 2.05) is 32.2 Å². The number of nitrogens with zero attached hydrogens (tertiary/aromatic N) is 2. The van der Waals surface area contributed by atoms with Crippen LogP contribution in [0.5, 0.6) is 0 Å². The first-order chi connectivity index (χ1) is 7.09. The van der Waals surface area contributed by atoms with E-state index < -0.39 is 0 Å². The van der Waals surface area contributed by atoms with Crippen LogP contribution in [-0.2, 0) is 0 Å². The zero-order chi connectivity index (χ0) is 11.0. The molecule has 2 rings (SSSR count). The maximum Gasteiger partial charge on any atom is 0.324 e. The number of carbonyl (C=O) groups is 1. The molecule has 2 amide bonds. The van der Waals surface area contributed by atoms with Crippen molar-refractivity contribution in [1.82, 2.24) is 4.90 Å². The fourth-order valence-corrected chi connectivity index (χ4v) is 1.71. The molecule has 0 bridgehead atoms. The predicted molar refractivity (Wildman–Crippen MR) is 61.0 cm³/mol. The molecule has 1 aliphatic rings. The maximum absolute atomic E-state index is 11.7. The van der Waals surface area contributed by atoms with E-state index in [1.165, 1.54) is 0 Å². The van der Waals surface area contributed by atoms with Crippen LogP contribution in [0.4, 0.5) is 16.2 Å².